The van der Waals surface area contributed by atoms with Crippen molar-refractivity contribution in [3.05, 3.63) is 95.8 Å². The molecule has 32 heavy (non-hydrogen) atoms. The molecule has 0 aliphatic heterocycles. The van der Waals surface area contributed by atoms with E-state index in [1.165, 1.54) is 12.4 Å². The maximum absolute atomic E-state index is 12.7. The summed E-state index contributed by atoms with van der Waals surface area (Å²) in [6.07, 6.45) is 3.52. The highest BCUT2D eigenvalue weighted by Gasteiger charge is 2.14. The van der Waals surface area contributed by atoms with Gasteiger partial charge >= 0.3 is 0 Å². The molecule has 160 valence electrons. The van der Waals surface area contributed by atoms with Gasteiger partial charge in [-0.2, -0.15) is 0 Å². The van der Waals surface area contributed by atoms with Gasteiger partial charge in [-0.25, -0.2) is 18.4 Å². The first-order valence-corrected chi connectivity index (χ1v) is 11.9. The highest BCUT2D eigenvalue weighted by atomic mass is 35.5. The summed E-state index contributed by atoms with van der Waals surface area (Å²) in [6.45, 7) is 0. The van der Waals surface area contributed by atoms with Crippen LogP contribution in [-0.4, -0.2) is 30.5 Å². The molecule has 0 aliphatic rings. The molecule has 1 amide bonds. The maximum Gasteiger partial charge on any atom is 0.255 e. The van der Waals surface area contributed by atoms with Crippen LogP contribution in [0.25, 0.3) is 22.3 Å². The lowest BCUT2D eigenvalue weighted by atomic mass is 9.99. The van der Waals surface area contributed by atoms with E-state index in [0.29, 0.717) is 10.6 Å². The Labute approximate surface area is 190 Å². The molecule has 0 unspecified atom stereocenters. The molecule has 0 saturated carbocycles. The molecule has 0 atom stereocenters. The second-order valence-corrected chi connectivity index (χ2v) is 9.44. The van der Waals surface area contributed by atoms with E-state index in [2.05, 4.69) is 15.3 Å². The van der Waals surface area contributed by atoms with Gasteiger partial charge in [0.1, 0.15) is 0 Å². The Hall–Kier alpha value is -3.55. The minimum Gasteiger partial charge on any atom is -0.319 e. The predicted octanol–water partition coefficient (Wildman–Crippen LogP) is 5.12. The Morgan fingerprint density at radius 2 is 1.44 bits per heavy atom. The van der Waals surface area contributed by atoms with Crippen LogP contribution in [0.15, 0.2) is 90.3 Å². The standard InChI is InChI=1S/C24H18ClN3O3S/c1-32(30,31)24-26-14-20(15-27-24)28-23(29)19-11-12-22(25)21(13-19)18-9-7-17(8-10-18)16-5-3-2-4-6-16/h2-15H,1H3,(H,28,29). The highest BCUT2D eigenvalue weighted by Crippen LogP contribution is 2.31. The number of anilines is 1. The van der Waals surface area contributed by atoms with Gasteiger partial charge in [-0.05, 0) is 34.9 Å². The molecular formula is C24H18ClN3O3S. The van der Waals surface area contributed by atoms with Crippen molar-refractivity contribution in [2.75, 3.05) is 11.6 Å². The van der Waals surface area contributed by atoms with Crippen molar-refractivity contribution < 1.29 is 13.2 Å². The number of rotatable bonds is 5. The molecule has 4 rings (SSSR count). The quantitative estimate of drug-likeness (QED) is 0.415. The topological polar surface area (TPSA) is 89.0 Å². The predicted molar refractivity (Wildman–Crippen MR) is 125 cm³/mol. The normalized spacial score (nSPS) is 11.2. The fraction of sp³-hybridized carbons (Fsp3) is 0.0417. The Kier molecular flexibility index (Phi) is 6.03. The second-order valence-electron chi connectivity index (χ2n) is 7.12. The molecular weight excluding hydrogens is 446 g/mol. The maximum atomic E-state index is 12.7. The number of halogens is 1. The molecule has 0 radical (unpaired) electrons. The monoisotopic (exact) mass is 463 g/mol. The number of nitrogens with one attached hydrogen (secondary N) is 1. The Bertz CT molecular complexity index is 1370. The highest BCUT2D eigenvalue weighted by molar-refractivity contribution is 7.90. The molecule has 1 aromatic heterocycles. The molecule has 8 heteroatoms. The minimum atomic E-state index is -3.51. The van der Waals surface area contributed by atoms with E-state index >= 15 is 0 Å². The number of hydrogen-bond acceptors (Lipinski definition) is 5. The number of benzene rings is 3. The second kappa shape index (κ2) is 8.90. The van der Waals surface area contributed by atoms with Crippen LogP contribution in [-0.2, 0) is 9.84 Å². The lowest BCUT2D eigenvalue weighted by Crippen LogP contribution is -2.13. The van der Waals surface area contributed by atoms with Crippen LogP contribution < -0.4 is 5.32 Å². The van der Waals surface area contributed by atoms with Crippen molar-refractivity contribution >= 4 is 33.0 Å². The van der Waals surface area contributed by atoms with Crippen LogP contribution in [0.2, 0.25) is 5.02 Å². The van der Waals surface area contributed by atoms with Gasteiger partial charge in [0.15, 0.2) is 0 Å². The number of amides is 1. The number of carbonyl (C=O) groups is 1. The van der Waals surface area contributed by atoms with Crippen LogP contribution in [0.1, 0.15) is 10.4 Å². The molecule has 0 fully saturated rings. The summed E-state index contributed by atoms with van der Waals surface area (Å²) >= 11 is 6.40. The van der Waals surface area contributed by atoms with Crippen LogP contribution in [0, 0.1) is 0 Å². The molecule has 0 saturated heterocycles. The fourth-order valence-corrected chi connectivity index (χ4v) is 3.85. The van der Waals surface area contributed by atoms with E-state index in [1.807, 2.05) is 54.6 Å². The zero-order valence-electron chi connectivity index (χ0n) is 17.0. The number of hydrogen-bond donors (Lipinski definition) is 1. The van der Waals surface area contributed by atoms with Crippen molar-refractivity contribution in [1.29, 1.82) is 0 Å². The largest absolute Gasteiger partial charge is 0.319 e. The lowest BCUT2D eigenvalue weighted by Gasteiger charge is -2.10. The molecule has 0 aliphatic carbocycles. The molecule has 3 aromatic carbocycles. The first-order valence-electron chi connectivity index (χ1n) is 9.60. The van der Waals surface area contributed by atoms with Gasteiger partial charge in [0, 0.05) is 22.4 Å². The summed E-state index contributed by atoms with van der Waals surface area (Å²) in [7, 11) is -3.51. The van der Waals surface area contributed by atoms with Gasteiger partial charge in [0.05, 0.1) is 18.1 Å². The van der Waals surface area contributed by atoms with E-state index in [4.69, 9.17) is 11.6 Å². The molecule has 6 nitrogen and oxygen atoms in total. The van der Waals surface area contributed by atoms with Gasteiger partial charge in [-0.1, -0.05) is 66.2 Å². The van der Waals surface area contributed by atoms with Crippen LogP contribution in [0.3, 0.4) is 0 Å². The summed E-state index contributed by atoms with van der Waals surface area (Å²) in [4.78, 5) is 20.3. The van der Waals surface area contributed by atoms with E-state index < -0.39 is 9.84 Å². The summed E-state index contributed by atoms with van der Waals surface area (Å²) in [5.74, 6) is -0.389. The smallest absolute Gasteiger partial charge is 0.255 e. The van der Waals surface area contributed by atoms with Gasteiger partial charge < -0.3 is 5.32 Å². The Morgan fingerprint density at radius 1 is 0.844 bits per heavy atom. The van der Waals surface area contributed by atoms with Crippen molar-refractivity contribution in [2.45, 2.75) is 5.16 Å². The van der Waals surface area contributed by atoms with Gasteiger partial charge in [0.2, 0.25) is 15.0 Å². The first kappa shape index (κ1) is 21.7. The van der Waals surface area contributed by atoms with Crippen molar-refractivity contribution in [3.63, 3.8) is 0 Å². The van der Waals surface area contributed by atoms with Gasteiger partial charge in [0.25, 0.3) is 5.91 Å². The summed E-state index contributed by atoms with van der Waals surface area (Å²) < 4.78 is 22.9. The third-order valence-corrected chi connectivity index (χ3v) is 5.95. The molecule has 1 heterocycles. The van der Waals surface area contributed by atoms with Crippen molar-refractivity contribution in [3.8, 4) is 22.3 Å². The first-order chi connectivity index (χ1) is 15.3. The molecule has 0 spiro atoms. The SMILES string of the molecule is CS(=O)(=O)c1ncc(NC(=O)c2ccc(Cl)c(-c3ccc(-c4ccccc4)cc3)c2)cn1. The minimum absolute atomic E-state index is 0.283. The van der Waals surface area contributed by atoms with Crippen LogP contribution in [0.4, 0.5) is 5.69 Å². The van der Waals surface area contributed by atoms with Crippen molar-refractivity contribution in [2.24, 2.45) is 0 Å². The average Bonchev–Trinajstić information content (AvgIpc) is 2.80. The number of sulfone groups is 1. The zero-order chi connectivity index (χ0) is 22.7. The third kappa shape index (κ3) is 4.85. The van der Waals surface area contributed by atoms with Gasteiger partial charge in [-0.15, -0.1) is 0 Å². The van der Waals surface area contributed by atoms with Crippen molar-refractivity contribution in [1.82, 2.24) is 9.97 Å². The Morgan fingerprint density at radius 3 is 2.06 bits per heavy atom. The lowest BCUT2D eigenvalue weighted by molar-refractivity contribution is 0.102. The van der Waals surface area contributed by atoms with Gasteiger partial charge in [-0.3, -0.25) is 4.79 Å². The number of aromatic nitrogens is 2. The number of nitrogens with zero attached hydrogens (tertiary/aromatic N) is 2. The average molecular weight is 464 g/mol. The summed E-state index contributed by atoms with van der Waals surface area (Å²) in [5, 5.41) is 2.88. The molecule has 4 aromatic rings. The van der Waals surface area contributed by atoms with E-state index in [1.54, 1.807) is 18.2 Å². The van der Waals surface area contributed by atoms with E-state index in [0.717, 1.165) is 28.5 Å². The zero-order valence-corrected chi connectivity index (χ0v) is 18.6. The fourth-order valence-electron chi connectivity index (χ4n) is 3.14. The Balaban J connectivity index is 1.56. The van der Waals surface area contributed by atoms with E-state index in [-0.39, 0.29) is 16.8 Å². The van der Waals surface area contributed by atoms with E-state index in [9.17, 15) is 13.2 Å². The van der Waals surface area contributed by atoms with Crippen LogP contribution in [0.5, 0.6) is 0 Å². The number of carbonyl (C=O) groups excluding carboxylic acids is 1. The summed E-state index contributed by atoms with van der Waals surface area (Å²) in [6, 6.07) is 23.0. The molecule has 0 bridgehead atoms. The molecule has 1 N–H and O–H groups in total. The van der Waals surface area contributed by atoms with Crippen LogP contribution >= 0.6 is 11.6 Å². The third-order valence-electron chi connectivity index (χ3n) is 4.75. The summed E-state index contributed by atoms with van der Waals surface area (Å²) in [5.41, 5.74) is 4.47.